The highest BCUT2D eigenvalue weighted by molar-refractivity contribution is 14.1. The molecule has 2 nitrogen and oxygen atoms in total. The molecule has 0 unspecified atom stereocenters. The number of ketones is 1. The van der Waals surface area contributed by atoms with Gasteiger partial charge < -0.3 is 9.53 Å². The Bertz CT molecular complexity index is 334. The third kappa shape index (κ3) is 3.29. The minimum absolute atomic E-state index is 0.226. The molecular formula is C11H13IO2. The van der Waals surface area contributed by atoms with Gasteiger partial charge in [0.25, 0.3) is 0 Å². The predicted molar refractivity (Wildman–Crippen MR) is 64.7 cm³/mol. The molecule has 14 heavy (non-hydrogen) atoms. The Balaban J connectivity index is 2.78. The molecule has 0 atom stereocenters. The normalized spacial score (nSPS) is 9.93. The molecule has 0 bridgehead atoms. The van der Waals surface area contributed by atoms with E-state index < -0.39 is 0 Å². The van der Waals surface area contributed by atoms with Crippen LogP contribution in [0.3, 0.4) is 0 Å². The average molecular weight is 304 g/mol. The topological polar surface area (TPSA) is 26.3 Å². The van der Waals surface area contributed by atoms with E-state index >= 15 is 0 Å². The summed E-state index contributed by atoms with van der Waals surface area (Å²) in [5, 5.41) is 0. The molecule has 1 aromatic carbocycles. The predicted octanol–water partition coefficient (Wildman–Crippen LogP) is 2.82. The molecule has 0 spiro atoms. The van der Waals surface area contributed by atoms with Crippen LogP contribution in [0.5, 0.6) is 5.75 Å². The zero-order valence-corrected chi connectivity index (χ0v) is 10.5. The van der Waals surface area contributed by atoms with E-state index in [1.807, 2.05) is 18.2 Å². The minimum Gasteiger partial charge on any atom is -0.497 e. The van der Waals surface area contributed by atoms with Gasteiger partial charge >= 0.3 is 0 Å². The molecule has 0 saturated carbocycles. The molecule has 0 N–H and O–H groups in total. The Hall–Kier alpha value is -0.580. The van der Waals surface area contributed by atoms with Crippen molar-refractivity contribution in [1.29, 1.82) is 0 Å². The summed E-state index contributed by atoms with van der Waals surface area (Å²) in [6.07, 6.45) is 1.40. The number of hydrogen-bond acceptors (Lipinski definition) is 2. The Morgan fingerprint density at radius 3 is 2.79 bits per heavy atom. The van der Waals surface area contributed by atoms with Gasteiger partial charge in [0.05, 0.1) is 7.11 Å². The van der Waals surface area contributed by atoms with E-state index in [1.165, 1.54) is 9.13 Å². The molecule has 0 heterocycles. The van der Waals surface area contributed by atoms with Gasteiger partial charge in [-0.15, -0.1) is 0 Å². The van der Waals surface area contributed by atoms with Gasteiger partial charge in [0.15, 0.2) is 0 Å². The molecule has 0 aromatic heterocycles. The van der Waals surface area contributed by atoms with Gasteiger partial charge in [-0.05, 0) is 59.7 Å². The number of rotatable bonds is 4. The summed E-state index contributed by atoms with van der Waals surface area (Å²) in [4.78, 5) is 10.8. The Kier molecular flexibility index (Phi) is 4.38. The lowest BCUT2D eigenvalue weighted by Gasteiger charge is -2.06. The van der Waals surface area contributed by atoms with Gasteiger partial charge in [0.1, 0.15) is 11.5 Å². The van der Waals surface area contributed by atoms with Gasteiger partial charge in [-0.1, -0.05) is 0 Å². The second kappa shape index (κ2) is 5.34. The van der Waals surface area contributed by atoms with Crippen LogP contribution in [0.15, 0.2) is 18.2 Å². The summed E-state index contributed by atoms with van der Waals surface area (Å²) in [6.45, 7) is 1.62. The average Bonchev–Trinajstić information content (AvgIpc) is 2.16. The SMILES string of the molecule is COc1ccc(I)c(CCC(C)=O)c1. The molecule has 3 heteroatoms. The number of halogens is 1. The molecule has 0 radical (unpaired) electrons. The second-order valence-electron chi connectivity index (χ2n) is 3.16. The molecule has 1 rings (SSSR count). The number of benzene rings is 1. The summed E-state index contributed by atoms with van der Waals surface area (Å²) in [6, 6.07) is 5.93. The lowest BCUT2D eigenvalue weighted by molar-refractivity contribution is -0.116. The van der Waals surface area contributed by atoms with E-state index in [2.05, 4.69) is 22.6 Å². The van der Waals surface area contributed by atoms with Crippen LogP contribution in [0.4, 0.5) is 0 Å². The van der Waals surface area contributed by atoms with Crippen LogP contribution >= 0.6 is 22.6 Å². The summed E-state index contributed by atoms with van der Waals surface area (Å²) in [7, 11) is 1.65. The van der Waals surface area contributed by atoms with E-state index in [0.29, 0.717) is 6.42 Å². The van der Waals surface area contributed by atoms with Crippen molar-refractivity contribution >= 4 is 28.4 Å². The van der Waals surface area contributed by atoms with Gasteiger partial charge in [-0.3, -0.25) is 0 Å². The molecule has 0 aliphatic rings. The van der Waals surface area contributed by atoms with E-state index in [0.717, 1.165) is 12.2 Å². The van der Waals surface area contributed by atoms with Crippen LogP contribution in [0, 0.1) is 3.57 Å². The van der Waals surface area contributed by atoms with Gasteiger partial charge in [0.2, 0.25) is 0 Å². The number of ether oxygens (including phenoxy) is 1. The lowest BCUT2D eigenvalue weighted by Crippen LogP contribution is -1.97. The van der Waals surface area contributed by atoms with Crippen molar-refractivity contribution in [3.63, 3.8) is 0 Å². The number of carbonyl (C=O) groups excluding carboxylic acids is 1. The van der Waals surface area contributed by atoms with Crippen molar-refractivity contribution in [3.8, 4) is 5.75 Å². The van der Waals surface area contributed by atoms with Crippen molar-refractivity contribution in [2.45, 2.75) is 19.8 Å². The zero-order chi connectivity index (χ0) is 10.6. The van der Waals surface area contributed by atoms with Crippen LogP contribution in [-0.2, 0) is 11.2 Å². The highest BCUT2D eigenvalue weighted by atomic mass is 127. The standard InChI is InChI=1S/C11H13IO2/c1-8(13)3-4-9-7-10(14-2)5-6-11(9)12/h5-7H,3-4H2,1-2H3. The maximum Gasteiger partial charge on any atom is 0.130 e. The summed E-state index contributed by atoms with van der Waals surface area (Å²) in [5.41, 5.74) is 1.18. The first-order valence-electron chi connectivity index (χ1n) is 4.45. The van der Waals surface area contributed by atoms with Gasteiger partial charge in [-0.25, -0.2) is 0 Å². The third-order valence-corrected chi connectivity index (χ3v) is 3.05. The molecule has 0 fully saturated rings. The molecule has 0 aliphatic heterocycles. The van der Waals surface area contributed by atoms with E-state index in [1.54, 1.807) is 14.0 Å². The van der Waals surface area contributed by atoms with Crippen molar-refractivity contribution in [3.05, 3.63) is 27.3 Å². The van der Waals surface area contributed by atoms with Crippen LogP contribution < -0.4 is 4.74 Å². The molecule has 0 saturated heterocycles. The maximum atomic E-state index is 10.8. The first-order valence-corrected chi connectivity index (χ1v) is 5.53. The summed E-state index contributed by atoms with van der Waals surface area (Å²) in [5.74, 6) is 1.08. The zero-order valence-electron chi connectivity index (χ0n) is 8.34. The van der Waals surface area contributed by atoms with Gasteiger partial charge in [-0.2, -0.15) is 0 Å². The molecule has 76 valence electrons. The molecule has 0 aliphatic carbocycles. The summed E-state index contributed by atoms with van der Waals surface area (Å²) < 4.78 is 6.31. The number of aryl methyl sites for hydroxylation is 1. The first-order chi connectivity index (χ1) is 6.63. The van der Waals surface area contributed by atoms with Crippen LogP contribution in [0.1, 0.15) is 18.9 Å². The van der Waals surface area contributed by atoms with E-state index in [-0.39, 0.29) is 5.78 Å². The fourth-order valence-electron chi connectivity index (χ4n) is 1.18. The first kappa shape index (κ1) is 11.5. The molecular weight excluding hydrogens is 291 g/mol. The van der Waals surface area contributed by atoms with E-state index in [9.17, 15) is 4.79 Å². The molecule has 0 amide bonds. The highest BCUT2D eigenvalue weighted by Gasteiger charge is 2.03. The fourth-order valence-corrected chi connectivity index (χ4v) is 1.79. The summed E-state index contributed by atoms with van der Waals surface area (Å²) >= 11 is 2.27. The van der Waals surface area contributed by atoms with Crippen LogP contribution in [0.2, 0.25) is 0 Å². The Morgan fingerprint density at radius 1 is 1.50 bits per heavy atom. The number of Topliss-reactive ketones (excluding diaryl/α,β-unsaturated/α-hetero) is 1. The smallest absolute Gasteiger partial charge is 0.130 e. The second-order valence-corrected chi connectivity index (χ2v) is 4.32. The van der Waals surface area contributed by atoms with Gasteiger partial charge in [0, 0.05) is 9.99 Å². The quantitative estimate of drug-likeness (QED) is 0.800. The van der Waals surface area contributed by atoms with Crippen LogP contribution in [-0.4, -0.2) is 12.9 Å². The Morgan fingerprint density at radius 2 is 2.21 bits per heavy atom. The van der Waals surface area contributed by atoms with Crippen LogP contribution in [0.25, 0.3) is 0 Å². The number of carbonyl (C=O) groups is 1. The van der Waals surface area contributed by atoms with E-state index in [4.69, 9.17) is 4.74 Å². The minimum atomic E-state index is 0.226. The van der Waals surface area contributed by atoms with Crippen molar-refractivity contribution < 1.29 is 9.53 Å². The van der Waals surface area contributed by atoms with Crippen molar-refractivity contribution in [2.75, 3.05) is 7.11 Å². The van der Waals surface area contributed by atoms with Crippen molar-refractivity contribution in [1.82, 2.24) is 0 Å². The maximum absolute atomic E-state index is 10.8. The Labute approximate surface area is 97.8 Å². The van der Waals surface area contributed by atoms with Crippen molar-refractivity contribution in [2.24, 2.45) is 0 Å². The largest absolute Gasteiger partial charge is 0.497 e. The highest BCUT2D eigenvalue weighted by Crippen LogP contribution is 2.20. The lowest BCUT2D eigenvalue weighted by atomic mass is 10.1. The number of hydrogen-bond donors (Lipinski definition) is 0. The fraction of sp³-hybridized carbons (Fsp3) is 0.364. The number of methoxy groups -OCH3 is 1. The third-order valence-electron chi connectivity index (χ3n) is 2.00. The monoisotopic (exact) mass is 304 g/mol. The molecule has 1 aromatic rings.